The number of carboxylic acids is 1. The lowest BCUT2D eigenvalue weighted by Crippen LogP contribution is -2.06. The number of halogens is 1. The lowest BCUT2D eigenvalue weighted by atomic mass is 10.2. The molecule has 0 saturated carbocycles. The summed E-state index contributed by atoms with van der Waals surface area (Å²) >= 11 is 3.47. The van der Waals surface area contributed by atoms with E-state index in [1.165, 1.54) is 12.3 Å². The van der Waals surface area contributed by atoms with Gasteiger partial charge in [0.15, 0.2) is 0 Å². The Bertz CT molecular complexity index is 609. The number of carboxylic acid groups (broad SMARTS) is 1. The molecule has 2 rings (SSSR count). The van der Waals surface area contributed by atoms with Crippen molar-refractivity contribution in [3.63, 3.8) is 0 Å². The molecule has 0 unspecified atom stereocenters. The van der Waals surface area contributed by atoms with Gasteiger partial charge in [-0.1, -0.05) is 22.0 Å². The van der Waals surface area contributed by atoms with Gasteiger partial charge >= 0.3 is 5.97 Å². The lowest BCUT2D eigenvalue weighted by Gasteiger charge is -2.12. The van der Waals surface area contributed by atoms with E-state index in [-0.39, 0.29) is 5.56 Å². The molecule has 0 saturated heterocycles. The Balaban J connectivity index is 2.16. The van der Waals surface area contributed by atoms with Crippen molar-refractivity contribution in [2.75, 3.05) is 12.4 Å². The first-order chi connectivity index (χ1) is 9.63. The van der Waals surface area contributed by atoms with E-state index in [1.807, 2.05) is 18.2 Å². The Morgan fingerprint density at radius 2 is 2.25 bits per heavy atom. The number of ether oxygens (including phenoxy) is 1. The van der Waals surface area contributed by atoms with E-state index >= 15 is 0 Å². The Morgan fingerprint density at radius 3 is 2.95 bits per heavy atom. The quantitative estimate of drug-likeness (QED) is 0.842. The van der Waals surface area contributed by atoms with Crippen molar-refractivity contribution >= 4 is 27.6 Å². The summed E-state index contributed by atoms with van der Waals surface area (Å²) in [6, 6.07) is 7.17. The first-order valence-electron chi connectivity index (χ1n) is 5.93. The minimum absolute atomic E-state index is 0.167. The van der Waals surface area contributed by atoms with Gasteiger partial charge in [0, 0.05) is 22.8 Å². The van der Waals surface area contributed by atoms with Crippen molar-refractivity contribution in [3.05, 3.63) is 51.9 Å². The molecule has 6 heteroatoms. The predicted molar refractivity (Wildman–Crippen MR) is 77.8 cm³/mol. The number of rotatable bonds is 6. The maximum atomic E-state index is 11.0. The summed E-state index contributed by atoms with van der Waals surface area (Å²) < 4.78 is 11.3. The Kier molecular flexibility index (Phi) is 4.81. The zero-order valence-corrected chi connectivity index (χ0v) is 12.4. The van der Waals surface area contributed by atoms with Crippen LogP contribution in [-0.2, 0) is 17.9 Å². The molecule has 0 fully saturated rings. The van der Waals surface area contributed by atoms with Crippen LogP contribution in [0.1, 0.15) is 21.7 Å². The molecule has 5 nitrogen and oxygen atoms in total. The second kappa shape index (κ2) is 6.58. The van der Waals surface area contributed by atoms with Gasteiger partial charge in [0.1, 0.15) is 11.3 Å². The molecular weight excluding hydrogens is 326 g/mol. The zero-order chi connectivity index (χ0) is 14.5. The molecule has 20 heavy (non-hydrogen) atoms. The summed E-state index contributed by atoms with van der Waals surface area (Å²) in [7, 11) is 1.62. The number of nitrogens with one attached hydrogen (secondary N) is 1. The molecule has 0 bridgehead atoms. The van der Waals surface area contributed by atoms with Crippen molar-refractivity contribution in [2.24, 2.45) is 0 Å². The van der Waals surface area contributed by atoms with E-state index in [9.17, 15) is 4.79 Å². The molecule has 1 aromatic carbocycles. The van der Waals surface area contributed by atoms with Gasteiger partial charge in [-0.2, -0.15) is 0 Å². The van der Waals surface area contributed by atoms with Crippen LogP contribution in [0.2, 0.25) is 0 Å². The number of hydrogen-bond acceptors (Lipinski definition) is 4. The Hall–Kier alpha value is -1.79. The van der Waals surface area contributed by atoms with Crippen LogP contribution < -0.4 is 5.32 Å². The fraction of sp³-hybridized carbons (Fsp3) is 0.214. The van der Waals surface area contributed by atoms with Crippen molar-refractivity contribution in [3.8, 4) is 0 Å². The van der Waals surface area contributed by atoms with E-state index in [2.05, 4.69) is 21.2 Å². The summed E-state index contributed by atoms with van der Waals surface area (Å²) in [4.78, 5) is 11.0. The van der Waals surface area contributed by atoms with Gasteiger partial charge in [0.25, 0.3) is 0 Å². The van der Waals surface area contributed by atoms with E-state index < -0.39 is 5.97 Å². The molecule has 0 spiro atoms. The number of aromatic carboxylic acids is 1. The maximum Gasteiger partial charge on any atom is 0.339 e. The molecular formula is C14H14BrNO4. The van der Waals surface area contributed by atoms with E-state index in [4.69, 9.17) is 14.3 Å². The molecule has 2 N–H and O–H groups in total. The predicted octanol–water partition coefficient (Wildman–Crippen LogP) is 3.50. The van der Waals surface area contributed by atoms with Crippen LogP contribution in [0.5, 0.6) is 0 Å². The maximum absolute atomic E-state index is 11.0. The molecule has 0 aliphatic carbocycles. The van der Waals surface area contributed by atoms with Gasteiger partial charge in [-0.05, 0) is 18.2 Å². The van der Waals surface area contributed by atoms with Gasteiger partial charge in [-0.15, -0.1) is 0 Å². The highest BCUT2D eigenvalue weighted by atomic mass is 79.9. The minimum atomic E-state index is -0.998. The number of anilines is 1. The van der Waals surface area contributed by atoms with Gasteiger partial charge in [-0.3, -0.25) is 0 Å². The average Bonchev–Trinajstić information content (AvgIpc) is 2.88. The average molecular weight is 340 g/mol. The van der Waals surface area contributed by atoms with Crippen LogP contribution in [0, 0.1) is 0 Å². The molecule has 2 aromatic rings. The monoisotopic (exact) mass is 339 g/mol. The highest BCUT2D eigenvalue weighted by Gasteiger charge is 2.14. The van der Waals surface area contributed by atoms with E-state index in [0.717, 1.165) is 15.7 Å². The molecule has 0 atom stereocenters. The Morgan fingerprint density at radius 1 is 1.45 bits per heavy atom. The number of furan rings is 1. The van der Waals surface area contributed by atoms with E-state index in [1.54, 1.807) is 7.11 Å². The highest BCUT2D eigenvalue weighted by molar-refractivity contribution is 9.10. The second-order valence-electron chi connectivity index (χ2n) is 4.12. The van der Waals surface area contributed by atoms with Crippen LogP contribution in [0.25, 0.3) is 0 Å². The zero-order valence-electron chi connectivity index (χ0n) is 10.9. The first-order valence-corrected chi connectivity index (χ1v) is 6.72. The standard InChI is InChI=1S/C14H14BrNO4/c1-19-8-10-11(15)3-2-4-12(10)16-7-13-9(14(17)18)5-6-20-13/h2-6,16H,7-8H2,1H3,(H,17,18). The third kappa shape index (κ3) is 3.20. The van der Waals surface area contributed by atoms with Crippen LogP contribution in [0.3, 0.4) is 0 Å². The minimum Gasteiger partial charge on any atom is -0.478 e. The van der Waals surface area contributed by atoms with Gasteiger partial charge < -0.3 is 19.6 Å². The molecule has 0 radical (unpaired) electrons. The van der Waals surface area contributed by atoms with Gasteiger partial charge in [-0.25, -0.2) is 4.79 Å². The number of methoxy groups -OCH3 is 1. The molecule has 0 aliphatic rings. The molecule has 1 aromatic heterocycles. The third-order valence-electron chi connectivity index (χ3n) is 2.82. The first kappa shape index (κ1) is 14.6. The van der Waals surface area contributed by atoms with Crippen molar-refractivity contribution in [2.45, 2.75) is 13.2 Å². The second-order valence-corrected chi connectivity index (χ2v) is 4.97. The topological polar surface area (TPSA) is 71.7 Å². The van der Waals surface area contributed by atoms with Crippen molar-refractivity contribution < 1.29 is 19.1 Å². The normalized spacial score (nSPS) is 10.5. The number of hydrogen-bond donors (Lipinski definition) is 2. The van der Waals surface area contributed by atoms with Crippen molar-refractivity contribution in [1.29, 1.82) is 0 Å². The third-order valence-corrected chi connectivity index (χ3v) is 3.57. The highest BCUT2D eigenvalue weighted by Crippen LogP contribution is 2.26. The van der Waals surface area contributed by atoms with Crippen molar-refractivity contribution in [1.82, 2.24) is 0 Å². The van der Waals surface area contributed by atoms with Crippen LogP contribution in [-0.4, -0.2) is 18.2 Å². The van der Waals surface area contributed by atoms with Crippen LogP contribution in [0.4, 0.5) is 5.69 Å². The molecule has 0 amide bonds. The summed E-state index contributed by atoms with van der Waals surface area (Å²) in [6.07, 6.45) is 1.37. The Labute approximate surface area is 124 Å². The smallest absolute Gasteiger partial charge is 0.339 e. The van der Waals surface area contributed by atoms with Crippen LogP contribution in [0.15, 0.2) is 39.4 Å². The summed E-state index contributed by atoms with van der Waals surface area (Å²) in [5.74, 6) is -0.609. The number of carbonyl (C=O) groups is 1. The summed E-state index contributed by atoms with van der Waals surface area (Å²) in [5, 5.41) is 12.2. The summed E-state index contributed by atoms with van der Waals surface area (Å²) in [5.41, 5.74) is 2.01. The van der Waals surface area contributed by atoms with Gasteiger partial charge in [0.05, 0.1) is 19.4 Å². The molecule has 0 aliphatic heterocycles. The lowest BCUT2D eigenvalue weighted by molar-refractivity contribution is 0.0694. The van der Waals surface area contributed by atoms with Gasteiger partial charge in [0.2, 0.25) is 0 Å². The summed E-state index contributed by atoms with van der Waals surface area (Å²) in [6.45, 7) is 0.746. The largest absolute Gasteiger partial charge is 0.478 e. The fourth-order valence-electron chi connectivity index (χ4n) is 1.86. The number of benzene rings is 1. The van der Waals surface area contributed by atoms with Crippen LogP contribution >= 0.6 is 15.9 Å². The SMILES string of the molecule is COCc1c(Br)cccc1NCc1occc1C(=O)O. The molecule has 106 valence electrons. The molecule has 1 heterocycles. The van der Waals surface area contributed by atoms with E-state index in [0.29, 0.717) is 18.9 Å². The fourth-order valence-corrected chi connectivity index (χ4v) is 2.34.